The van der Waals surface area contributed by atoms with Crippen LogP contribution in [0.15, 0.2) is 41.8 Å². The van der Waals surface area contributed by atoms with Gasteiger partial charge in [-0.25, -0.2) is 9.97 Å². The number of para-hydroxylation sites is 1. The Morgan fingerprint density at radius 2 is 1.97 bits per heavy atom. The van der Waals surface area contributed by atoms with Gasteiger partial charge in [0, 0.05) is 48.7 Å². The van der Waals surface area contributed by atoms with E-state index >= 15 is 0 Å². The molecule has 5 rings (SSSR count). The highest BCUT2D eigenvalue weighted by Crippen LogP contribution is 2.30. The Morgan fingerprint density at radius 3 is 2.84 bits per heavy atom. The highest BCUT2D eigenvalue weighted by molar-refractivity contribution is 7.09. The van der Waals surface area contributed by atoms with E-state index in [9.17, 15) is 9.59 Å². The molecule has 31 heavy (non-hydrogen) atoms. The van der Waals surface area contributed by atoms with Crippen LogP contribution in [0.1, 0.15) is 52.8 Å². The Bertz CT molecular complexity index is 1110. The van der Waals surface area contributed by atoms with Crippen LogP contribution in [0.2, 0.25) is 0 Å². The Balaban J connectivity index is 1.21. The molecular formula is C24H26N4O2S. The summed E-state index contributed by atoms with van der Waals surface area (Å²) < 4.78 is 0. The van der Waals surface area contributed by atoms with Gasteiger partial charge in [0.2, 0.25) is 5.91 Å². The predicted octanol–water partition coefficient (Wildman–Crippen LogP) is 3.78. The highest BCUT2D eigenvalue weighted by Gasteiger charge is 2.30. The van der Waals surface area contributed by atoms with Crippen LogP contribution in [-0.2, 0) is 11.2 Å². The zero-order valence-electron chi connectivity index (χ0n) is 17.4. The third-order valence-electron chi connectivity index (χ3n) is 6.07. The number of fused-ring (bicyclic) bond motifs is 1. The summed E-state index contributed by atoms with van der Waals surface area (Å²) in [5.74, 6) is 0.681. The van der Waals surface area contributed by atoms with Crippen molar-refractivity contribution in [2.24, 2.45) is 5.92 Å². The van der Waals surface area contributed by atoms with Crippen molar-refractivity contribution in [3.63, 3.8) is 0 Å². The predicted molar refractivity (Wildman–Crippen MR) is 121 cm³/mol. The molecule has 1 saturated carbocycles. The fourth-order valence-corrected chi connectivity index (χ4v) is 5.12. The van der Waals surface area contributed by atoms with Gasteiger partial charge in [-0.2, -0.15) is 0 Å². The number of carbonyl (C=O) groups is 2. The summed E-state index contributed by atoms with van der Waals surface area (Å²) in [7, 11) is 0. The van der Waals surface area contributed by atoms with Crippen molar-refractivity contribution < 1.29 is 9.59 Å². The zero-order chi connectivity index (χ0) is 21.2. The van der Waals surface area contributed by atoms with Crippen molar-refractivity contribution in [1.82, 2.24) is 20.2 Å². The zero-order valence-corrected chi connectivity index (χ0v) is 18.2. The quantitative estimate of drug-likeness (QED) is 0.641. The van der Waals surface area contributed by atoms with Crippen LogP contribution in [0.4, 0.5) is 0 Å². The molecule has 1 saturated heterocycles. The monoisotopic (exact) mass is 434 g/mol. The van der Waals surface area contributed by atoms with Crippen LogP contribution < -0.4 is 5.32 Å². The summed E-state index contributed by atoms with van der Waals surface area (Å²) in [6.45, 7) is 2.08. The number of amides is 2. The van der Waals surface area contributed by atoms with Crippen molar-refractivity contribution in [1.29, 1.82) is 0 Å². The first kappa shape index (κ1) is 20.1. The number of piperidine rings is 1. The van der Waals surface area contributed by atoms with Gasteiger partial charge in [-0.3, -0.25) is 9.59 Å². The molecule has 3 heterocycles. The van der Waals surface area contributed by atoms with Crippen molar-refractivity contribution in [2.45, 2.75) is 38.0 Å². The second kappa shape index (κ2) is 8.75. The van der Waals surface area contributed by atoms with Crippen molar-refractivity contribution >= 4 is 34.1 Å². The highest BCUT2D eigenvalue weighted by atomic mass is 32.1. The molecule has 1 aliphatic carbocycles. The van der Waals surface area contributed by atoms with Gasteiger partial charge >= 0.3 is 0 Å². The van der Waals surface area contributed by atoms with Gasteiger partial charge in [-0.05, 0) is 37.8 Å². The number of aromatic nitrogens is 2. The van der Waals surface area contributed by atoms with E-state index in [0.29, 0.717) is 18.8 Å². The minimum Gasteiger partial charge on any atom is -0.355 e. The normalized spacial score (nSPS) is 18.8. The van der Waals surface area contributed by atoms with E-state index in [4.69, 9.17) is 4.98 Å². The third-order valence-corrected chi connectivity index (χ3v) is 7.13. The number of hydrogen-bond acceptors (Lipinski definition) is 5. The number of rotatable bonds is 6. The molecule has 7 heteroatoms. The van der Waals surface area contributed by atoms with E-state index in [1.54, 1.807) is 11.3 Å². The molecule has 160 valence electrons. The van der Waals surface area contributed by atoms with Gasteiger partial charge in [0.25, 0.3) is 5.91 Å². The van der Waals surface area contributed by atoms with Crippen LogP contribution in [0.25, 0.3) is 10.9 Å². The van der Waals surface area contributed by atoms with Crippen LogP contribution in [0.3, 0.4) is 0 Å². The summed E-state index contributed by atoms with van der Waals surface area (Å²) in [6, 6.07) is 11.7. The largest absolute Gasteiger partial charge is 0.355 e. The molecule has 6 nitrogen and oxygen atoms in total. The lowest BCUT2D eigenvalue weighted by atomic mass is 9.98. The lowest BCUT2D eigenvalue weighted by Crippen LogP contribution is -2.39. The lowest BCUT2D eigenvalue weighted by molar-refractivity contribution is -0.122. The first-order valence-electron chi connectivity index (χ1n) is 11.0. The fourth-order valence-electron chi connectivity index (χ4n) is 4.14. The van der Waals surface area contributed by atoms with Gasteiger partial charge in [-0.1, -0.05) is 24.3 Å². The van der Waals surface area contributed by atoms with Gasteiger partial charge < -0.3 is 10.2 Å². The molecule has 0 bridgehead atoms. The minimum atomic E-state index is -0.00461. The maximum atomic E-state index is 13.1. The van der Waals surface area contributed by atoms with Crippen LogP contribution in [-0.4, -0.2) is 46.3 Å². The standard InChI is InChI=1S/C24H26N4O2S/c29-22(17-7-8-17)25-12-11-19-15-31-23(26-19)18-5-3-13-28(14-18)24(30)21-10-9-16-4-1-2-6-20(16)27-21/h1-2,4,6,9-10,15,17-18H,3,5,7-8,11-14H2,(H,25,29)/t18-/m1/s1. The molecule has 2 amide bonds. The Morgan fingerprint density at radius 1 is 1.10 bits per heavy atom. The molecule has 1 atom stereocenters. The van der Waals surface area contributed by atoms with Crippen molar-refractivity contribution in [3.05, 3.63) is 58.2 Å². The summed E-state index contributed by atoms with van der Waals surface area (Å²) >= 11 is 1.67. The first-order valence-corrected chi connectivity index (χ1v) is 11.9. The van der Waals surface area contributed by atoms with Crippen LogP contribution >= 0.6 is 11.3 Å². The SMILES string of the molecule is O=C(NCCc1csc([C@@H]2CCCN(C(=O)c3ccc4ccccc4n3)C2)n1)C1CC1. The molecule has 1 N–H and O–H groups in total. The number of likely N-dealkylation sites (tertiary alicyclic amines) is 1. The maximum absolute atomic E-state index is 13.1. The Hall–Kier alpha value is -2.80. The lowest BCUT2D eigenvalue weighted by Gasteiger charge is -2.31. The van der Waals surface area contributed by atoms with Crippen LogP contribution in [0.5, 0.6) is 0 Å². The van der Waals surface area contributed by atoms with E-state index < -0.39 is 0 Å². The molecule has 2 aromatic heterocycles. The summed E-state index contributed by atoms with van der Waals surface area (Å²) in [4.78, 5) is 36.2. The van der Waals surface area contributed by atoms with Gasteiger partial charge in [0.15, 0.2) is 0 Å². The molecular weight excluding hydrogens is 408 g/mol. The average Bonchev–Trinajstić information content (AvgIpc) is 3.57. The average molecular weight is 435 g/mol. The molecule has 2 aliphatic rings. The molecule has 0 unspecified atom stereocenters. The number of benzene rings is 1. The molecule has 3 aromatic rings. The number of nitrogens with one attached hydrogen (secondary N) is 1. The maximum Gasteiger partial charge on any atom is 0.272 e. The molecule has 2 fully saturated rings. The number of pyridine rings is 1. The Labute approximate surface area is 185 Å². The van der Waals surface area contributed by atoms with Gasteiger partial charge in [0.1, 0.15) is 5.69 Å². The van der Waals surface area contributed by atoms with Gasteiger partial charge in [0.05, 0.1) is 16.2 Å². The van der Waals surface area contributed by atoms with E-state index in [-0.39, 0.29) is 23.7 Å². The summed E-state index contributed by atoms with van der Waals surface area (Å²) in [5.41, 5.74) is 2.38. The molecule has 0 spiro atoms. The third kappa shape index (κ3) is 4.61. The smallest absolute Gasteiger partial charge is 0.272 e. The first-order chi connectivity index (χ1) is 15.2. The van der Waals surface area contributed by atoms with Crippen molar-refractivity contribution in [3.8, 4) is 0 Å². The van der Waals surface area contributed by atoms with E-state index in [2.05, 4.69) is 15.7 Å². The number of hydrogen-bond donors (Lipinski definition) is 1. The van der Waals surface area contributed by atoms with Crippen LogP contribution in [0, 0.1) is 5.92 Å². The van der Waals surface area contributed by atoms with Crippen molar-refractivity contribution in [2.75, 3.05) is 19.6 Å². The summed E-state index contributed by atoms with van der Waals surface area (Å²) in [6.07, 6.45) is 4.82. The molecule has 1 aromatic carbocycles. The fraction of sp³-hybridized carbons (Fsp3) is 0.417. The number of carbonyl (C=O) groups excluding carboxylic acids is 2. The molecule has 0 radical (unpaired) electrons. The Kier molecular flexibility index (Phi) is 5.68. The molecule has 1 aliphatic heterocycles. The number of nitrogens with zero attached hydrogens (tertiary/aromatic N) is 3. The van der Waals surface area contributed by atoms with E-state index in [1.165, 1.54) is 0 Å². The van der Waals surface area contributed by atoms with Gasteiger partial charge in [-0.15, -0.1) is 11.3 Å². The summed E-state index contributed by atoms with van der Waals surface area (Å²) in [5, 5.41) is 7.22. The number of thiazole rings is 1. The van der Waals surface area contributed by atoms with E-state index in [1.807, 2.05) is 41.3 Å². The second-order valence-electron chi connectivity index (χ2n) is 8.47. The second-order valence-corrected chi connectivity index (χ2v) is 9.36. The van der Waals surface area contributed by atoms with E-state index in [0.717, 1.165) is 60.3 Å². The minimum absolute atomic E-state index is 0.00461. The topological polar surface area (TPSA) is 75.2 Å².